The Hall–Kier alpha value is -3.35. The number of rotatable bonds is 10. The van der Waals surface area contributed by atoms with Crippen molar-refractivity contribution in [1.82, 2.24) is 15.6 Å². The average molecular weight is 629 g/mol. The number of carbonyl (C=O) groups is 2. The zero-order valence-electron chi connectivity index (χ0n) is 21.6. The zero-order chi connectivity index (χ0) is 29.9. The molecular formula is C27H25Cl2F3N4O4S. The lowest BCUT2D eigenvalue weighted by atomic mass is 10.1. The van der Waals surface area contributed by atoms with E-state index in [1.54, 1.807) is 6.07 Å². The number of benzene rings is 2. The van der Waals surface area contributed by atoms with Gasteiger partial charge in [-0.25, -0.2) is 8.42 Å². The van der Waals surface area contributed by atoms with E-state index in [-0.39, 0.29) is 45.5 Å². The monoisotopic (exact) mass is 628 g/mol. The van der Waals surface area contributed by atoms with Gasteiger partial charge >= 0.3 is 6.18 Å². The van der Waals surface area contributed by atoms with Gasteiger partial charge in [-0.15, -0.1) is 0 Å². The number of hydrogen-bond acceptors (Lipinski definition) is 5. The second-order valence-corrected chi connectivity index (χ2v) is 12.0. The summed E-state index contributed by atoms with van der Waals surface area (Å²) in [5, 5.41) is 5.37. The molecule has 0 saturated heterocycles. The summed E-state index contributed by atoms with van der Waals surface area (Å²) in [4.78, 5) is 29.6. The van der Waals surface area contributed by atoms with E-state index in [2.05, 4.69) is 15.6 Å². The largest absolute Gasteiger partial charge is 0.416 e. The molecule has 1 heterocycles. The molecule has 218 valence electrons. The van der Waals surface area contributed by atoms with Gasteiger partial charge in [0.2, 0.25) is 5.91 Å². The Bertz CT molecular complexity index is 1550. The minimum Gasteiger partial charge on any atom is -0.350 e. The first kappa shape index (κ1) is 30.6. The molecule has 1 aliphatic carbocycles. The highest BCUT2D eigenvalue weighted by atomic mass is 35.5. The average Bonchev–Trinajstić information content (AvgIpc) is 3.74. The van der Waals surface area contributed by atoms with Gasteiger partial charge in [0.05, 0.1) is 21.2 Å². The van der Waals surface area contributed by atoms with Crippen molar-refractivity contribution in [2.75, 3.05) is 4.31 Å². The first-order valence-corrected chi connectivity index (χ1v) is 14.7. The molecule has 4 rings (SSSR count). The van der Waals surface area contributed by atoms with Crippen LogP contribution in [0.3, 0.4) is 0 Å². The van der Waals surface area contributed by atoms with E-state index >= 15 is 0 Å². The minimum atomic E-state index is -4.80. The predicted molar refractivity (Wildman–Crippen MR) is 148 cm³/mol. The Labute approximate surface area is 244 Å². The Balaban J connectivity index is 1.68. The molecule has 1 aliphatic rings. The molecule has 2 N–H and O–H groups in total. The van der Waals surface area contributed by atoms with E-state index in [0.717, 1.165) is 25.0 Å². The zero-order valence-corrected chi connectivity index (χ0v) is 23.9. The van der Waals surface area contributed by atoms with Crippen LogP contribution in [0.25, 0.3) is 0 Å². The molecule has 0 aliphatic heterocycles. The molecule has 14 heteroatoms. The molecule has 1 atom stereocenters. The third kappa shape index (κ3) is 7.30. The third-order valence-electron chi connectivity index (χ3n) is 6.29. The second kappa shape index (κ2) is 12.3. The van der Waals surface area contributed by atoms with Crippen molar-refractivity contribution >= 4 is 50.7 Å². The first-order chi connectivity index (χ1) is 19.3. The number of nitrogens with zero attached hydrogens (tertiary/aromatic N) is 2. The van der Waals surface area contributed by atoms with Gasteiger partial charge in [0.15, 0.2) is 0 Å². The van der Waals surface area contributed by atoms with Crippen molar-refractivity contribution in [3.63, 3.8) is 0 Å². The highest BCUT2D eigenvalue weighted by Gasteiger charge is 2.39. The second-order valence-electron chi connectivity index (χ2n) is 9.36. The summed E-state index contributed by atoms with van der Waals surface area (Å²) in [6.45, 7) is 1.41. The summed E-state index contributed by atoms with van der Waals surface area (Å²) in [6, 6.07) is 8.92. The van der Waals surface area contributed by atoms with Crippen LogP contribution in [-0.4, -0.2) is 37.3 Å². The van der Waals surface area contributed by atoms with Gasteiger partial charge in [0.1, 0.15) is 11.7 Å². The van der Waals surface area contributed by atoms with Crippen LogP contribution in [-0.2, 0) is 27.5 Å². The Morgan fingerprint density at radius 3 is 2.37 bits per heavy atom. The maximum absolute atomic E-state index is 13.9. The Morgan fingerprint density at radius 1 is 1.07 bits per heavy atom. The number of sulfonamides is 1. The minimum absolute atomic E-state index is 0.104. The first-order valence-electron chi connectivity index (χ1n) is 12.5. The molecule has 2 aromatic carbocycles. The third-order valence-corrected chi connectivity index (χ3v) is 8.70. The molecule has 2 amide bonds. The van der Waals surface area contributed by atoms with Gasteiger partial charge in [0, 0.05) is 23.8 Å². The molecular weight excluding hydrogens is 604 g/mol. The number of amides is 2. The van der Waals surface area contributed by atoms with E-state index in [9.17, 15) is 31.2 Å². The molecule has 0 bridgehead atoms. The normalized spacial score (nSPS) is 14.3. The van der Waals surface area contributed by atoms with Crippen LogP contribution in [0.5, 0.6) is 0 Å². The molecule has 3 aromatic rings. The molecule has 1 saturated carbocycles. The lowest BCUT2D eigenvalue weighted by molar-refractivity contribution is -0.137. The smallest absolute Gasteiger partial charge is 0.350 e. The topological polar surface area (TPSA) is 108 Å². The molecule has 1 aromatic heterocycles. The highest BCUT2D eigenvalue weighted by molar-refractivity contribution is 7.93. The summed E-state index contributed by atoms with van der Waals surface area (Å²) in [5.74, 6) is -1.15. The molecule has 1 fully saturated rings. The van der Waals surface area contributed by atoms with Gasteiger partial charge < -0.3 is 10.6 Å². The van der Waals surface area contributed by atoms with Gasteiger partial charge in [-0.05, 0) is 79.4 Å². The van der Waals surface area contributed by atoms with Gasteiger partial charge in [-0.3, -0.25) is 18.9 Å². The number of nitrogens with one attached hydrogen (secondary N) is 2. The van der Waals surface area contributed by atoms with E-state index in [1.165, 1.54) is 43.5 Å². The van der Waals surface area contributed by atoms with Crippen LogP contribution in [0.2, 0.25) is 10.0 Å². The molecule has 0 radical (unpaired) electrons. The summed E-state index contributed by atoms with van der Waals surface area (Å²) < 4.78 is 69.1. The number of pyridine rings is 1. The van der Waals surface area contributed by atoms with Crippen LogP contribution < -0.4 is 14.9 Å². The fourth-order valence-corrected chi connectivity index (χ4v) is 6.08. The lowest BCUT2D eigenvalue weighted by Crippen LogP contribution is -2.49. The van der Waals surface area contributed by atoms with E-state index < -0.39 is 39.4 Å². The summed E-state index contributed by atoms with van der Waals surface area (Å²) in [5.41, 5.74) is -0.995. The SMILES string of the molecule is CCC(C(=O)NCc1ccnc(C(=O)NC2CC2)c1)N(c1cc(C(F)(F)F)ccc1Cl)S(=O)(=O)c1ccc(Cl)cc1. The van der Waals surface area contributed by atoms with Crippen molar-refractivity contribution in [3.05, 3.63) is 87.7 Å². The quantitative estimate of drug-likeness (QED) is 0.304. The van der Waals surface area contributed by atoms with Crippen molar-refractivity contribution in [3.8, 4) is 0 Å². The van der Waals surface area contributed by atoms with Crippen LogP contribution in [0.4, 0.5) is 18.9 Å². The maximum atomic E-state index is 13.9. The summed E-state index contributed by atoms with van der Waals surface area (Å²) in [6.07, 6.45) is -1.72. The number of hydrogen-bond donors (Lipinski definition) is 2. The van der Waals surface area contributed by atoms with E-state index in [1.807, 2.05) is 0 Å². The summed E-state index contributed by atoms with van der Waals surface area (Å²) in [7, 11) is -4.62. The Morgan fingerprint density at radius 2 is 1.76 bits per heavy atom. The number of aromatic nitrogens is 1. The standard InChI is InChI=1S/C27H25Cl2F3N4O4S/c1-2-23(26(38)34-15-16-11-12-33-22(13-16)25(37)35-19-6-7-19)36(41(39,40)20-8-4-18(28)5-9-20)24-14-17(27(30,31)32)3-10-21(24)29/h3-5,8-14,19,23H,2,6-7,15H2,1H3,(H,34,38)(H,35,37). The number of anilines is 1. The van der Waals surface area contributed by atoms with Crippen molar-refractivity contribution in [2.24, 2.45) is 0 Å². The molecule has 41 heavy (non-hydrogen) atoms. The number of alkyl halides is 3. The fourth-order valence-electron chi connectivity index (χ4n) is 4.00. The molecule has 0 spiro atoms. The summed E-state index contributed by atoms with van der Waals surface area (Å²) >= 11 is 12.2. The van der Waals surface area contributed by atoms with Crippen molar-refractivity contribution in [1.29, 1.82) is 0 Å². The van der Waals surface area contributed by atoms with Crippen molar-refractivity contribution in [2.45, 2.75) is 55.9 Å². The lowest BCUT2D eigenvalue weighted by Gasteiger charge is -2.32. The molecule has 8 nitrogen and oxygen atoms in total. The van der Waals surface area contributed by atoms with Crippen LogP contribution >= 0.6 is 23.2 Å². The number of carbonyl (C=O) groups excluding carboxylic acids is 2. The van der Waals surface area contributed by atoms with E-state index in [4.69, 9.17) is 23.2 Å². The fraction of sp³-hybridized carbons (Fsp3) is 0.296. The van der Waals surface area contributed by atoms with Crippen LogP contribution in [0, 0.1) is 0 Å². The predicted octanol–water partition coefficient (Wildman–Crippen LogP) is 5.59. The highest BCUT2D eigenvalue weighted by Crippen LogP contribution is 2.39. The van der Waals surface area contributed by atoms with Gasteiger partial charge in [-0.1, -0.05) is 30.1 Å². The van der Waals surface area contributed by atoms with Crippen molar-refractivity contribution < 1.29 is 31.2 Å². The van der Waals surface area contributed by atoms with Gasteiger partial charge in [-0.2, -0.15) is 13.2 Å². The Kier molecular flexibility index (Phi) is 9.15. The number of halogens is 5. The van der Waals surface area contributed by atoms with Gasteiger partial charge in [0.25, 0.3) is 15.9 Å². The van der Waals surface area contributed by atoms with Crippen LogP contribution in [0.1, 0.15) is 47.8 Å². The van der Waals surface area contributed by atoms with Crippen LogP contribution in [0.15, 0.2) is 65.7 Å². The van der Waals surface area contributed by atoms with E-state index in [0.29, 0.717) is 15.9 Å². The maximum Gasteiger partial charge on any atom is 0.416 e. The molecule has 1 unspecified atom stereocenters.